The van der Waals surface area contributed by atoms with Gasteiger partial charge in [-0.05, 0) is 32.4 Å². The Bertz CT molecular complexity index is 631. The number of nitrogens with two attached hydrogens (primary N) is 1. The normalized spacial score (nSPS) is 18.7. The molecule has 1 aliphatic heterocycles. The molecule has 4 nitrogen and oxygen atoms in total. The molecule has 0 unspecified atom stereocenters. The van der Waals surface area contributed by atoms with Gasteiger partial charge < -0.3 is 10.6 Å². The molecule has 2 atom stereocenters. The zero-order chi connectivity index (χ0) is 17.0. The van der Waals surface area contributed by atoms with Crippen LogP contribution in [0.4, 0.5) is 0 Å². The van der Waals surface area contributed by atoms with Gasteiger partial charge in [0.05, 0.1) is 12.1 Å². The Hall–Kier alpha value is -1.77. The molecule has 0 aliphatic carbocycles. The summed E-state index contributed by atoms with van der Waals surface area (Å²) < 4.78 is -0.412. The average molecular weight is 329 g/mol. The van der Waals surface area contributed by atoms with Crippen molar-refractivity contribution in [2.75, 3.05) is 6.54 Å². The van der Waals surface area contributed by atoms with Crippen LogP contribution in [0.25, 0.3) is 0 Å². The lowest BCUT2D eigenvalue weighted by Crippen LogP contribution is -2.54. The first-order valence-electron chi connectivity index (χ1n) is 7.67. The molecule has 2 N–H and O–H groups in total. The first-order valence-corrected chi connectivity index (χ1v) is 8.65. The summed E-state index contributed by atoms with van der Waals surface area (Å²) >= 11 is 1.67. The van der Waals surface area contributed by atoms with E-state index in [-0.39, 0.29) is 5.91 Å². The third-order valence-electron chi connectivity index (χ3n) is 4.12. The lowest BCUT2D eigenvalue weighted by Gasteiger charge is -2.33. The van der Waals surface area contributed by atoms with E-state index >= 15 is 0 Å². The predicted octanol–water partition coefficient (Wildman–Crippen LogP) is 2.62. The van der Waals surface area contributed by atoms with Gasteiger partial charge in [-0.2, -0.15) is 5.26 Å². The molecular weight excluding hydrogens is 306 g/mol. The highest BCUT2D eigenvalue weighted by Gasteiger charge is 2.37. The number of hydrogen-bond donors (Lipinski definition) is 1. The SMILES string of the molecule is Cc1ccc(CSC(C)(C)[C@@H](N)C(=O)N2CC=C[C@H]2C#N)cc1. The predicted molar refractivity (Wildman–Crippen MR) is 94.8 cm³/mol. The molecule has 0 saturated heterocycles. The maximum Gasteiger partial charge on any atom is 0.242 e. The number of hydrogen-bond acceptors (Lipinski definition) is 4. The summed E-state index contributed by atoms with van der Waals surface area (Å²) in [4.78, 5) is 14.2. The molecule has 23 heavy (non-hydrogen) atoms. The van der Waals surface area contributed by atoms with Crippen LogP contribution in [0.5, 0.6) is 0 Å². The number of nitrogens with zero attached hydrogens (tertiary/aromatic N) is 2. The van der Waals surface area contributed by atoms with Crippen molar-refractivity contribution in [3.63, 3.8) is 0 Å². The number of aryl methyl sites for hydroxylation is 1. The minimum atomic E-state index is -0.645. The zero-order valence-electron chi connectivity index (χ0n) is 13.8. The summed E-state index contributed by atoms with van der Waals surface area (Å²) in [5.41, 5.74) is 8.68. The summed E-state index contributed by atoms with van der Waals surface area (Å²) in [6, 6.07) is 9.35. The van der Waals surface area contributed by atoms with Crippen molar-refractivity contribution in [1.29, 1.82) is 5.26 Å². The molecule has 0 saturated carbocycles. The topological polar surface area (TPSA) is 70.1 Å². The summed E-state index contributed by atoms with van der Waals surface area (Å²) in [6.45, 7) is 6.49. The molecule has 1 aromatic carbocycles. The van der Waals surface area contributed by atoms with Crippen LogP contribution in [-0.4, -0.2) is 34.2 Å². The minimum Gasteiger partial charge on any atom is -0.319 e. The van der Waals surface area contributed by atoms with Crippen LogP contribution >= 0.6 is 11.8 Å². The van der Waals surface area contributed by atoms with Gasteiger partial charge in [0.1, 0.15) is 6.04 Å². The fourth-order valence-electron chi connectivity index (χ4n) is 2.38. The molecule has 0 radical (unpaired) electrons. The van der Waals surface area contributed by atoms with E-state index in [9.17, 15) is 4.79 Å². The zero-order valence-corrected chi connectivity index (χ0v) is 14.6. The Morgan fingerprint density at radius 1 is 1.48 bits per heavy atom. The largest absolute Gasteiger partial charge is 0.319 e. The van der Waals surface area contributed by atoms with Crippen LogP contribution in [0.2, 0.25) is 0 Å². The number of benzene rings is 1. The van der Waals surface area contributed by atoms with Crippen molar-refractivity contribution in [3.05, 3.63) is 47.5 Å². The van der Waals surface area contributed by atoms with Gasteiger partial charge in [-0.3, -0.25) is 4.79 Å². The van der Waals surface area contributed by atoms with E-state index in [1.807, 2.05) is 19.9 Å². The molecule has 5 heteroatoms. The van der Waals surface area contributed by atoms with Gasteiger partial charge in [0.15, 0.2) is 0 Å². The second-order valence-electron chi connectivity index (χ2n) is 6.35. The second kappa shape index (κ2) is 7.20. The molecule has 1 aliphatic rings. The summed E-state index contributed by atoms with van der Waals surface area (Å²) in [5.74, 6) is 0.636. The smallest absolute Gasteiger partial charge is 0.242 e. The molecule has 1 aromatic rings. The van der Waals surface area contributed by atoms with Gasteiger partial charge >= 0.3 is 0 Å². The fourth-order valence-corrected chi connectivity index (χ4v) is 3.39. The van der Waals surface area contributed by atoms with Gasteiger partial charge in [-0.15, -0.1) is 11.8 Å². The number of nitriles is 1. The lowest BCUT2D eigenvalue weighted by atomic mass is 10.0. The third kappa shape index (κ3) is 4.15. The maximum absolute atomic E-state index is 12.6. The van der Waals surface area contributed by atoms with E-state index in [0.717, 1.165) is 5.75 Å². The summed E-state index contributed by atoms with van der Waals surface area (Å²) in [6.07, 6.45) is 3.59. The Kier molecular flexibility index (Phi) is 5.51. The van der Waals surface area contributed by atoms with Crippen LogP contribution in [-0.2, 0) is 10.5 Å². The minimum absolute atomic E-state index is 0.164. The lowest BCUT2D eigenvalue weighted by molar-refractivity contribution is -0.132. The van der Waals surface area contributed by atoms with Crippen LogP contribution < -0.4 is 5.73 Å². The molecule has 122 valence electrons. The van der Waals surface area contributed by atoms with Crippen molar-refractivity contribution < 1.29 is 4.79 Å². The first kappa shape index (κ1) is 17.6. The fraction of sp³-hybridized carbons (Fsp3) is 0.444. The highest BCUT2D eigenvalue weighted by atomic mass is 32.2. The Morgan fingerprint density at radius 2 is 2.13 bits per heavy atom. The van der Waals surface area contributed by atoms with E-state index < -0.39 is 16.8 Å². The van der Waals surface area contributed by atoms with Gasteiger partial charge in [0.2, 0.25) is 5.91 Å². The van der Waals surface area contributed by atoms with Crippen LogP contribution in [0.15, 0.2) is 36.4 Å². The van der Waals surface area contributed by atoms with Crippen LogP contribution in [0, 0.1) is 18.3 Å². The van der Waals surface area contributed by atoms with Gasteiger partial charge in [0, 0.05) is 17.0 Å². The standard InChI is InChI=1S/C18H23N3OS/c1-13-6-8-14(9-7-13)12-23-18(2,3)16(20)17(22)21-10-4-5-15(21)11-19/h4-9,15-16H,10,12,20H2,1-3H3/t15-,16-/m0/s1. The number of carbonyl (C=O) groups is 1. The summed E-state index contributed by atoms with van der Waals surface area (Å²) in [5, 5.41) is 9.10. The maximum atomic E-state index is 12.6. The number of rotatable bonds is 5. The molecule has 0 fully saturated rings. The highest BCUT2D eigenvalue weighted by Crippen LogP contribution is 2.32. The van der Waals surface area contributed by atoms with E-state index in [1.54, 1.807) is 22.7 Å². The quantitative estimate of drug-likeness (QED) is 0.843. The summed E-state index contributed by atoms with van der Waals surface area (Å²) in [7, 11) is 0. The molecule has 1 heterocycles. The van der Waals surface area contributed by atoms with E-state index in [1.165, 1.54) is 11.1 Å². The Morgan fingerprint density at radius 3 is 2.74 bits per heavy atom. The van der Waals surface area contributed by atoms with Gasteiger partial charge in [-0.1, -0.05) is 35.9 Å². The Labute approximate surface area is 142 Å². The van der Waals surface area contributed by atoms with Crippen molar-refractivity contribution in [3.8, 4) is 6.07 Å². The Balaban J connectivity index is 1.99. The number of carbonyl (C=O) groups excluding carboxylic acids is 1. The van der Waals surface area contributed by atoms with E-state index in [4.69, 9.17) is 11.0 Å². The van der Waals surface area contributed by atoms with Crippen molar-refractivity contribution in [2.45, 2.75) is 43.4 Å². The molecule has 2 rings (SSSR count). The number of amides is 1. The second-order valence-corrected chi connectivity index (χ2v) is 7.98. The first-order chi connectivity index (χ1) is 10.8. The van der Waals surface area contributed by atoms with E-state index in [2.05, 4.69) is 37.3 Å². The molecule has 1 amide bonds. The molecule has 0 aromatic heterocycles. The van der Waals surface area contributed by atoms with Crippen molar-refractivity contribution in [1.82, 2.24) is 4.90 Å². The van der Waals surface area contributed by atoms with Crippen LogP contribution in [0.1, 0.15) is 25.0 Å². The number of thioether (sulfide) groups is 1. The molecule has 0 bridgehead atoms. The van der Waals surface area contributed by atoms with Crippen molar-refractivity contribution in [2.24, 2.45) is 5.73 Å². The average Bonchev–Trinajstić information content (AvgIpc) is 3.01. The monoisotopic (exact) mass is 329 g/mol. The van der Waals surface area contributed by atoms with Crippen molar-refractivity contribution >= 4 is 17.7 Å². The van der Waals surface area contributed by atoms with Gasteiger partial charge in [-0.25, -0.2) is 0 Å². The molecular formula is C18H23N3OS. The molecule has 0 spiro atoms. The third-order valence-corrected chi connectivity index (χ3v) is 5.59. The highest BCUT2D eigenvalue weighted by molar-refractivity contribution is 7.99. The van der Waals surface area contributed by atoms with Crippen LogP contribution in [0.3, 0.4) is 0 Å². The van der Waals surface area contributed by atoms with E-state index in [0.29, 0.717) is 6.54 Å². The van der Waals surface area contributed by atoms with Gasteiger partial charge in [0.25, 0.3) is 0 Å².